The second-order valence-corrected chi connectivity index (χ2v) is 7.65. The first-order valence-electron chi connectivity index (χ1n) is 9.01. The zero-order chi connectivity index (χ0) is 19.7. The van der Waals surface area contributed by atoms with Gasteiger partial charge in [0, 0.05) is 32.8 Å². The number of benzene rings is 1. The maximum atomic E-state index is 5.60. The summed E-state index contributed by atoms with van der Waals surface area (Å²) in [7, 11) is 9.36. The number of para-hydroxylation sites is 1. The summed E-state index contributed by atoms with van der Waals surface area (Å²) in [5.41, 5.74) is 1.21. The van der Waals surface area contributed by atoms with Crippen molar-refractivity contribution < 1.29 is 9.47 Å². The molecule has 7 heteroatoms. The summed E-state index contributed by atoms with van der Waals surface area (Å²) in [6, 6.07) is 8.27. The fourth-order valence-corrected chi connectivity index (χ4v) is 2.86. The number of hydrogen-bond donors (Lipinski definition) is 2. The number of halogens is 1. The van der Waals surface area contributed by atoms with E-state index in [1.165, 1.54) is 0 Å². The molecular formula is C20H37IN4O2. The van der Waals surface area contributed by atoms with E-state index < -0.39 is 0 Å². The lowest BCUT2D eigenvalue weighted by atomic mass is 9.89. The summed E-state index contributed by atoms with van der Waals surface area (Å²) in [5.74, 6) is 1.65. The SMILES string of the molecule is CN=C(NCC(c1ccccc1OC)N(C)C)NCC(OC)C(C)(C)C.I. The predicted molar refractivity (Wildman–Crippen MR) is 124 cm³/mol. The summed E-state index contributed by atoms with van der Waals surface area (Å²) in [6.07, 6.45) is 0.0971. The van der Waals surface area contributed by atoms with E-state index in [9.17, 15) is 0 Å². The van der Waals surface area contributed by atoms with Crippen LogP contribution in [-0.4, -0.2) is 65.4 Å². The number of nitrogens with one attached hydrogen (secondary N) is 2. The second kappa shape index (κ2) is 12.4. The number of aliphatic imine (C=N–C) groups is 1. The van der Waals surface area contributed by atoms with Crippen LogP contribution in [0.25, 0.3) is 0 Å². The van der Waals surface area contributed by atoms with Gasteiger partial charge in [0.15, 0.2) is 5.96 Å². The second-order valence-electron chi connectivity index (χ2n) is 7.65. The third-order valence-electron chi connectivity index (χ3n) is 4.51. The number of methoxy groups -OCH3 is 2. The van der Waals surface area contributed by atoms with Gasteiger partial charge in [-0.15, -0.1) is 24.0 Å². The van der Waals surface area contributed by atoms with Crippen LogP contribution in [0.3, 0.4) is 0 Å². The first-order valence-corrected chi connectivity index (χ1v) is 9.01. The molecule has 0 aliphatic rings. The molecule has 0 saturated heterocycles. The van der Waals surface area contributed by atoms with Crippen molar-refractivity contribution in [3.8, 4) is 5.75 Å². The Labute approximate surface area is 182 Å². The summed E-state index contributed by atoms with van der Waals surface area (Å²) in [6.45, 7) is 7.91. The average molecular weight is 492 g/mol. The van der Waals surface area contributed by atoms with E-state index in [0.29, 0.717) is 13.1 Å². The first kappa shape index (κ1) is 25.9. The van der Waals surface area contributed by atoms with Crippen molar-refractivity contribution in [3.05, 3.63) is 29.8 Å². The maximum Gasteiger partial charge on any atom is 0.191 e. The van der Waals surface area contributed by atoms with Crippen molar-refractivity contribution >= 4 is 29.9 Å². The molecule has 27 heavy (non-hydrogen) atoms. The fraction of sp³-hybridized carbons (Fsp3) is 0.650. The van der Waals surface area contributed by atoms with Crippen molar-refractivity contribution in [3.63, 3.8) is 0 Å². The van der Waals surface area contributed by atoms with Crippen LogP contribution in [-0.2, 0) is 4.74 Å². The van der Waals surface area contributed by atoms with Gasteiger partial charge in [0.1, 0.15) is 5.75 Å². The molecule has 2 unspecified atom stereocenters. The smallest absolute Gasteiger partial charge is 0.191 e. The van der Waals surface area contributed by atoms with E-state index in [1.54, 1.807) is 21.3 Å². The Morgan fingerprint density at radius 3 is 2.19 bits per heavy atom. The number of ether oxygens (including phenoxy) is 2. The van der Waals surface area contributed by atoms with Gasteiger partial charge in [0.2, 0.25) is 0 Å². The molecule has 0 aliphatic heterocycles. The zero-order valence-corrected chi connectivity index (χ0v) is 20.3. The molecule has 6 nitrogen and oxygen atoms in total. The van der Waals surface area contributed by atoms with Gasteiger partial charge in [0.25, 0.3) is 0 Å². The molecular weight excluding hydrogens is 455 g/mol. The van der Waals surface area contributed by atoms with Crippen molar-refractivity contribution in [2.75, 3.05) is 48.5 Å². The average Bonchev–Trinajstić information content (AvgIpc) is 2.59. The van der Waals surface area contributed by atoms with Gasteiger partial charge in [-0.2, -0.15) is 0 Å². The standard InChI is InChI=1S/C20H36N4O2.HI/c1-20(2,3)18(26-8)14-23-19(21-4)22-13-16(24(5)6)15-11-9-10-12-17(15)25-7;/h9-12,16,18H,13-14H2,1-8H3,(H2,21,22,23);1H. The van der Waals surface area contributed by atoms with E-state index in [0.717, 1.165) is 17.3 Å². The van der Waals surface area contributed by atoms with Crippen LogP contribution >= 0.6 is 24.0 Å². The van der Waals surface area contributed by atoms with Crippen LogP contribution in [0.15, 0.2) is 29.3 Å². The Bertz CT molecular complexity index is 573. The Morgan fingerprint density at radius 2 is 1.70 bits per heavy atom. The van der Waals surface area contributed by atoms with Crippen molar-refractivity contribution in [2.45, 2.75) is 32.9 Å². The summed E-state index contributed by atoms with van der Waals surface area (Å²) in [5, 5.41) is 6.78. The molecule has 2 atom stereocenters. The lowest BCUT2D eigenvalue weighted by molar-refractivity contribution is 0.0205. The molecule has 1 aromatic rings. The monoisotopic (exact) mass is 492 g/mol. The van der Waals surface area contributed by atoms with Gasteiger partial charge in [-0.25, -0.2) is 0 Å². The summed E-state index contributed by atoms with van der Waals surface area (Å²) < 4.78 is 11.1. The third-order valence-corrected chi connectivity index (χ3v) is 4.51. The fourth-order valence-electron chi connectivity index (χ4n) is 2.86. The largest absolute Gasteiger partial charge is 0.496 e. The van der Waals surface area contributed by atoms with Gasteiger partial charge in [0.05, 0.1) is 19.3 Å². The van der Waals surface area contributed by atoms with Crippen molar-refractivity contribution in [1.29, 1.82) is 0 Å². The van der Waals surface area contributed by atoms with Crippen molar-refractivity contribution in [1.82, 2.24) is 15.5 Å². The molecule has 0 bridgehead atoms. The molecule has 0 aliphatic carbocycles. The van der Waals surface area contributed by atoms with E-state index in [4.69, 9.17) is 9.47 Å². The molecule has 0 saturated carbocycles. The molecule has 0 spiro atoms. The number of hydrogen-bond acceptors (Lipinski definition) is 4. The molecule has 2 N–H and O–H groups in total. The van der Waals surface area contributed by atoms with Crippen LogP contribution in [0.4, 0.5) is 0 Å². The molecule has 156 valence electrons. The lowest BCUT2D eigenvalue weighted by Crippen LogP contribution is -2.47. The maximum absolute atomic E-state index is 5.60. The van der Waals surface area contributed by atoms with Crippen molar-refractivity contribution in [2.24, 2.45) is 10.4 Å². The third kappa shape index (κ3) is 8.23. The molecule has 0 heterocycles. The summed E-state index contributed by atoms with van der Waals surface area (Å²) in [4.78, 5) is 6.50. The molecule has 1 rings (SSSR count). The number of nitrogens with zero attached hydrogens (tertiary/aromatic N) is 2. The molecule has 0 fully saturated rings. The van der Waals surface area contributed by atoms with Crippen LogP contribution in [0.5, 0.6) is 5.75 Å². The quantitative estimate of drug-likeness (QED) is 0.332. The highest BCUT2D eigenvalue weighted by Gasteiger charge is 2.24. The molecule has 1 aromatic carbocycles. The highest BCUT2D eigenvalue weighted by Crippen LogP contribution is 2.27. The Balaban J connectivity index is 0.00000676. The normalized spacial score (nSPS) is 14.3. The van der Waals surface area contributed by atoms with Crippen LogP contribution < -0.4 is 15.4 Å². The minimum absolute atomic E-state index is 0. The number of rotatable bonds is 8. The Kier molecular flexibility index (Phi) is 11.9. The predicted octanol–water partition coefficient (Wildman–Crippen LogP) is 3.14. The highest BCUT2D eigenvalue weighted by atomic mass is 127. The zero-order valence-electron chi connectivity index (χ0n) is 18.0. The lowest BCUT2D eigenvalue weighted by Gasteiger charge is -2.31. The van der Waals surface area contributed by atoms with Crippen LogP contribution in [0.2, 0.25) is 0 Å². The van der Waals surface area contributed by atoms with Gasteiger partial charge in [-0.3, -0.25) is 4.99 Å². The van der Waals surface area contributed by atoms with Gasteiger partial charge in [-0.05, 0) is 25.6 Å². The molecule has 0 radical (unpaired) electrons. The molecule has 0 aromatic heterocycles. The van der Waals surface area contributed by atoms with Crippen LogP contribution in [0, 0.1) is 5.41 Å². The Morgan fingerprint density at radius 1 is 1.11 bits per heavy atom. The minimum atomic E-state index is 0. The molecule has 0 amide bonds. The topological polar surface area (TPSA) is 58.1 Å². The number of guanidine groups is 1. The van der Waals surface area contributed by atoms with Gasteiger partial charge >= 0.3 is 0 Å². The van der Waals surface area contributed by atoms with Gasteiger partial charge in [-0.1, -0.05) is 39.0 Å². The summed E-state index contributed by atoms with van der Waals surface area (Å²) >= 11 is 0. The highest BCUT2D eigenvalue weighted by molar-refractivity contribution is 14.0. The van der Waals surface area contributed by atoms with E-state index >= 15 is 0 Å². The minimum Gasteiger partial charge on any atom is -0.496 e. The van der Waals surface area contributed by atoms with E-state index in [2.05, 4.69) is 61.5 Å². The first-order chi connectivity index (χ1) is 12.2. The van der Waals surface area contributed by atoms with Crippen LogP contribution in [0.1, 0.15) is 32.4 Å². The van der Waals surface area contributed by atoms with E-state index in [-0.39, 0.29) is 41.5 Å². The van der Waals surface area contributed by atoms with E-state index in [1.807, 2.05) is 18.2 Å². The Hall–Kier alpha value is -1.06. The van der Waals surface area contributed by atoms with Gasteiger partial charge < -0.3 is 25.0 Å². The number of likely N-dealkylation sites (N-methyl/N-ethyl adjacent to an activating group) is 1.